The van der Waals surface area contributed by atoms with Gasteiger partial charge in [-0.25, -0.2) is 4.79 Å². The molecule has 0 aromatic heterocycles. The van der Waals surface area contributed by atoms with Crippen LogP contribution in [0.4, 0.5) is 0 Å². The zero-order valence-corrected chi connectivity index (χ0v) is 9.24. The first-order valence-corrected chi connectivity index (χ1v) is 4.59. The molecule has 6 heteroatoms. The zero-order chi connectivity index (χ0) is 12.1. The molecule has 0 heterocycles. The molecule has 4 N–H and O–H groups in total. The van der Waals surface area contributed by atoms with E-state index in [1.165, 1.54) is 7.11 Å². The molecule has 1 atom stereocenters. The van der Waals surface area contributed by atoms with E-state index in [1.807, 2.05) is 0 Å². The van der Waals surface area contributed by atoms with Crippen molar-refractivity contribution in [3.8, 4) is 0 Å². The van der Waals surface area contributed by atoms with Gasteiger partial charge in [0.15, 0.2) is 6.10 Å². The van der Waals surface area contributed by atoms with Crippen LogP contribution in [0.2, 0.25) is 0 Å². The Morgan fingerprint density at radius 2 is 2.07 bits per heavy atom. The van der Waals surface area contributed by atoms with Crippen molar-refractivity contribution in [1.82, 2.24) is 5.32 Å². The minimum Gasteiger partial charge on any atom is -0.479 e. The van der Waals surface area contributed by atoms with Crippen molar-refractivity contribution in [3.05, 3.63) is 0 Å². The summed E-state index contributed by atoms with van der Waals surface area (Å²) in [5.74, 6) is -1.39. The van der Waals surface area contributed by atoms with E-state index in [0.717, 1.165) is 0 Å². The van der Waals surface area contributed by atoms with Crippen LogP contribution < -0.4 is 11.1 Å². The molecule has 0 fully saturated rings. The van der Waals surface area contributed by atoms with Crippen molar-refractivity contribution < 1.29 is 19.4 Å². The number of ether oxygens (including phenoxy) is 1. The van der Waals surface area contributed by atoms with Gasteiger partial charge in [-0.1, -0.05) is 0 Å². The van der Waals surface area contributed by atoms with Crippen molar-refractivity contribution >= 4 is 11.9 Å². The number of hydrogen-bond acceptors (Lipinski definition) is 4. The Morgan fingerprint density at radius 3 is 2.40 bits per heavy atom. The van der Waals surface area contributed by atoms with Gasteiger partial charge in [0.2, 0.25) is 5.91 Å². The lowest BCUT2D eigenvalue weighted by atomic mass is 9.93. The van der Waals surface area contributed by atoms with Gasteiger partial charge in [0.25, 0.3) is 0 Å². The van der Waals surface area contributed by atoms with Crippen LogP contribution in [-0.4, -0.2) is 43.3 Å². The fraction of sp³-hybridized carbons (Fsp3) is 0.778. The van der Waals surface area contributed by atoms with Crippen LogP contribution in [0, 0.1) is 5.41 Å². The van der Waals surface area contributed by atoms with Crippen molar-refractivity contribution in [1.29, 1.82) is 0 Å². The number of aliphatic carboxylic acids is 1. The Balaban J connectivity index is 4.16. The number of amides is 1. The second-order valence-electron chi connectivity index (χ2n) is 3.86. The molecule has 0 saturated heterocycles. The number of carboxylic acid groups (broad SMARTS) is 1. The molecule has 0 radical (unpaired) electrons. The Labute approximate surface area is 88.8 Å². The second kappa shape index (κ2) is 5.67. The van der Waals surface area contributed by atoms with Gasteiger partial charge in [0.05, 0.1) is 12.0 Å². The van der Waals surface area contributed by atoms with Gasteiger partial charge in [-0.05, 0) is 13.8 Å². The molecule has 0 saturated carbocycles. The van der Waals surface area contributed by atoms with Crippen molar-refractivity contribution in [2.24, 2.45) is 11.1 Å². The second-order valence-corrected chi connectivity index (χ2v) is 3.86. The summed E-state index contributed by atoms with van der Waals surface area (Å²) in [4.78, 5) is 22.1. The van der Waals surface area contributed by atoms with Crippen molar-refractivity contribution in [3.63, 3.8) is 0 Å². The molecule has 0 aliphatic heterocycles. The molecule has 6 nitrogen and oxygen atoms in total. The number of carbonyl (C=O) groups is 2. The highest BCUT2D eigenvalue weighted by Crippen LogP contribution is 2.11. The van der Waals surface area contributed by atoms with E-state index >= 15 is 0 Å². The largest absolute Gasteiger partial charge is 0.479 e. The lowest BCUT2D eigenvalue weighted by Crippen LogP contribution is -2.46. The predicted molar refractivity (Wildman–Crippen MR) is 54.3 cm³/mol. The summed E-state index contributed by atoms with van der Waals surface area (Å²) in [7, 11) is 1.28. The monoisotopic (exact) mass is 218 g/mol. The summed E-state index contributed by atoms with van der Waals surface area (Å²) in [5.41, 5.74) is 4.70. The molecule has 0 aliphatic rings. The van der Waals surface area contributed by atoms with Crippen LogP contribution in [-0.2, 0) is 14.3 Å². The van der Waals surface area contributed by atoms with Gasteiger partial charge in [-0.3, -0.25) is 4.79 Å². The van der Waals surface area contributed by atoms with Crippen LogP contribution in [0.5, 0.6) is 0 Å². The number of methoxy groups -OCH3 is 1. The Hall–Kier alpha value is -1.14. The third-order valence-corrected chi connectivity index (χ3v) is 2.13. The van der Waals surface area contributed by atoms with Crippen molar-refractivity contribution in [2.75, 3.05) is 20.2 Å². The fourth-order valence-corrected chi connectivity index (χ4v) is 0.789. The maximum Gasteiger partial charge on any atom is 0.334 e. The van der Waals surface area contributed by atoms with Gasteiger partial charge in [-0.2, -0.15) is 0 Å². The smallest absolute Gasteiger partial charge is 0.334 e. The maximum absolute atomic E-state index is 11.5. The van der Waals surface area contributed by atoms with Crippen LogP contribution >= 0.6 is 0 Å². The highest BCUT2D eigenvalue weighted by molar-refractivity contribution is 5.83. The quantitative estimate of drug-likeness (QED) is 0.541. The van der Waals surface area contributed by atoms with E-state index in [1.54, 1.807) is 13.8 Å². The number of rotatable bonds is 6. The summed E-state index contributed by atoms with van der Waals surface area (Å²) in [6.07, 6.45) is -1.03. The number of carboxylic acids is 1. The molecular formula is C9H18N2O4. The van der Waals surface area contributed by atoms with Gasteiger partial charge in [0, 0.05) is 13.7 Å². The highest BCUT2D eigenvalue weighted by atomic mass is 16.5. The molecule has 15 heavy (non-hydrogen) atoms. The lowest BCUT2D eigenvalue weighted by Gasteiger charge is -2.22. The van der Waals surface area contributed by atoms with Gasteiger partial charge in [-0.15, -0.1) is 0 Å². The summed E-state index contributed by atoms with van der Waals surface area (Å²) in [5, 5.41) is 11.1. The third-order valence-electron chi connectivity index (χ3n) is 2.13. The molecule has 0 rings (SSSR count). The Morgan fingerprint density at radius 1 is 1.53 bits per heavy atom. The summed E-state index contributed by atoms with van der Waals surface area (Å²) in [6.45, 7) is 3.51. The molecule has 0 bridgehead atoms. The third kappa shape index (κ3) is 4.26. The Bertz CT molecular complexity index is 240. The highest BCUT2D eigenvalue weighted by Gasteiger charge is 2.27. The molecule has 1 unspecified atom stereocenters. The normalized spacial score (nSPS) is 13.3. The molecular weight excluding hydrogens is 200 g/mol. The average Bonchev–Trinajstić information content (AvgIpc) is 2.17. The van der Waals surface area contributed by atoms with Crippen molar-refractivity contribution in [2.45, 2.75) is 20.0 Å². The topological polar surface area (TPSA) is 102 Å². The first-order valence-electron chi connectivity index (χ1n) is 4.59. The van der Waals surface area contributed by atoms with Gasteiger partial charge in [0.1, 0.15) is 0 Å². The standard InChI is InChI=1S/C9H18N2O4/c1-9(2,5-10)8(14)11-4-6(15-3)7(12)13/h6H,4-5,10H2,1-3H3,(H,11,14)(H,12,13). The zero-order valence-electron chi connectivity index (χ0n) is 9.24. The van der Waals surface area contributed by atoms with Crippen LogP contribution in [0.1, 0.15) is 13.8 Å². The lowest BCUT2D eigenvalue weighted by molar-refractivity contribution is -0.148. The van der Waals surface area contributed by atoms with Crippen LogP contribution in [0.15, 0.2) is 0 Å². The molecule has 0 aromatic rings. The summed E-state index contributed by atoms with van der Waals surface area (Å²) >= 11 is 0. The summed E-state index contributed by atoms with van der Waals surface area (Å²) < 4.78 is 4.66. The number of hydrogen-bond donors (Lipinski definition) is 3. The number of nitrogens with one attached hydrogen (secondary N) is 1. The molecule has 88 valence electrons. The van der Waals surface area contributed by atoms with Crippen LogP contribution in [0.25, 0.3) is 0 Å². The fourth-order valence-electron chi connectivity index (χ4n) is 0.789. The average molecular weight is 218 g/mol. The van der Waals surface area contributed by atoms with E-state index in [0.29, 0.717) is 0 Å². The molecule has 0 aromatic carbocycles. The van der Waals surface area contributed by atoms with Crippen LogP contribution in [0.3, 0.4) is 0 Å². The predicted octanol–water partition coefficient (Wildman–Crippen LogP) is -0.813. The van der Waals surface area contributed by atoms with Gasteiger partial charge >= 0.3 is 5.97 Å². The number of carbonyl (C=O) groups excluding carboxylic acids is 1. The summed E-state index contributed by atoms with van der Waals surface area (Å²) in [6, 6.07) is 0. The maximum atomic E-state index is 11.5. The molecule has 0 spiro atoms. The molecule has 0 aliphatic carbocycles. The minimum atomic E-state index is -1.11. The Kier molecular flexibility index (Phi) is 5.24. The first-order chi connectivity index (χ1) is 6.85. The SMILES string of the molecule is COC(CNC(=O)C(C)(C)CN)C(=O)O. The first kappa shape index (κ1) is 13.9. The van der Waals surface area contributed by atoms with E-state index in [4.69, 9.17) is 10.8 Å². The van der Waals surface area contributed by atoms with Gasteiger partial charge < -0.3 is 20.9 Å². The van der Waals surface area contributed by atoms with E-state index in [-0.39, 0.29) is 19.0 Å². The molecule has 1 amide bonds. The van der Waals surface area contributed by atoms with E-state index in [2.05, 4.69) is 10.1 Å². The number of nitrogens with two attached hydrogens (primary N) is 1. The van der Waals surface area contributed by atoms with E-state index < -0.39 is 17.5 Å². The van der Waals surface area contributed by atoms with E-state index in [9.17, 15) is 9.59 Å². The minimum absolute atomic E-state index is 0.0614.